The van der Waals surface area contributed by atoms with Crippen molar-refractivity contribution in [3.05, 3.63) is 65.7 Å². The van der Waals surface area contributed by atoms with Crippen LogP contribution < -0.4 is 4.74 Å². The van der Waals surface area contributed by atoms with Crippen molar-refractivity contribution in [2.45, 2.75) is 45.3 Å². The van der Waals surface area contributed by atoms with E-state index in [0.717, 1.165) is 17.9 Å². The third kappa shape index (κ3) is 6.16. The van der Waals surface area contributed by atoms with Gasteiger partial charge in [0.05, 0.1) is 17.6 Å². The monoisotopic (exact) mass is 507 g/mol. The summed E-state index contributed by atoms with van der Waals surface area (Å²) in [6, 6.07) is 16.8. The van der Waals surface area contributed by atoms with E-state index in [0.29, 0.717) is 51.1 Å². The molecule has 2 aromatic rings. The van der Waals surface area contributed by atoms with E-state index in [1.54, 1.807) is 0 Å². The maximum atomic E-state index is 14.0. The van der Waals surface area contributed by atoms with Gasteiger partial charge in [-0.25, -0.2) is 0 Å². The fraction of sp³-hybridized carbons (Fsp3) is 0.533. The maximum Gasteiger partial charge on any atom is 0.253 e. The van der Waals surface area contributed by atoms with E-state index >= 15 is 0 Å². The quantitative estimate of drug-likeness (QED) is 0.588. The smallest absolute Gasteiger partial charge is 0.253 e. The van der Waals surface area contributed by atoms with Crippen molar-refractivity contribution in [1.29, 1.82) is 0 Å². The van der Waals surface area contributed by atoms with E-state index in [1.165, 1.54) is 0 Å². The van der Waals surface area contributed by atoms with Crippen LogP contribution in [0.1, 0.15) is 55.1 Å². The number of piperidine rings is 2. The third-order valence-electron chi connectivity index (χ3n) is 7.63. The van der Waals surface area contributed by atoms with Gasteiger partial charge in [0.25, 0.3) is 5.91 Å². The lowest BCUT2D eigenvalue weighted by Crippen LogP contribution is -2.59. The molecular formula is C30H41N3O4. The van der Waals surface area contributed by atoms with Crippen LogP contribution >= 0.6 is 0 Å². The summed E-state index contributed by atoms with van der Waals surface area (Å²) in [4.78, 5) is 33.0. The molecule has 2 aromatic carbocycles. The highest BCUT2D eigenvalue weighted by molar-refractivity contribution is 5.94. The van der Waals surface area contributed by atoms with E-state index in [9.17, 15) is 14.7 Å². The fourth-order valence-corrected chi connectivity index (χ4v) is 5.66. The number of aliphatic hydroxyl groups excluding tert-OH is 1. The van der Waals surface area contributed by atoms with Crippen molar-refractivity contribution in [1.82, 2.24) is 14.7 Å². The first kappa shape index (κ1) is 27.1. The summed E-state index contributed by atoms with van der Waals surface area (Å²) in [5.74, 6) is 1.12. The van der Waals surface area contributed by atoms with E-state index in [2.05, 4.69) is 18.7 Å². The van der Waals surface area contributed by atoms with Gasteiger partial charge in [0.2, 0.25) is 5.91 Å². The molecular weight excluding hydrogens is 466 g/mol. The SMILES string of the molecule is CC(C)CN1C(=O)C2(CCN(C(=O)c3ccc(OCCN(C)C)cc3)CC2)C[C@@H](O)[C@@H]1c1ccccc1. The highest BCUT2D eigenvalue weighted by atomic mass is 16.5. The molecule has 2 amide bonds. The lowest BCUT2D eigenvalue weighted by atomic mass is 9.68. The predicted molar refractivity (Wildman–Crippen MR) is 144 cm³/mol. The van der Waals surface area contributed by atoms with Gasteiger partial charge in [-0.1, -0.05) is 44.2 Å². The van der Waals surface area contributed by atoms with Crippen LogP contribution in [0.2, 0.25) is 0 Å². The normalized spacial score (nSPS) is 21.6. The van der Waals surface area contributed by atoms with E-state index < -0.39 is 11.5 Å². The molecule has 200 valence electrons. The van der Waals surface area contributed by atoms with Crippen LogP contribution in [0, 0.1) is 11.3 Å². The first-order chi connectivity index (χ1) is 17.7. The molecule has 2 aliphatic rings. The highest BCUT2D eigenvalue weighted by Crippen LogP contribution is 2.47. The van der Waals surface area contributed by atoms with Gasteiger partial charge in [-0.2, -0.15) is 0 Å². The molecule has 0 aromatic heterocycles. The Bertz CT molecular complexity index is 1050. The van der Waals surface area contributed by atoms with Crippen molar-refractivity contribution < 1.29 is 19.4 Å². The second-order valence-electron chi connectivity index (χ2n) is 11.2. The molecule has 2 heterocycles. The number of benzene rings is 2. The van der Waals surface area contributed by atoms with Gasteiger partial charge in [0.1, 0.15) is 12.4 Å². The van der Waals surface area contributed by atoms with Gasteiger partial charge in [-0.15, -0.1) is 0 Å². The number of nitrogens with zero attached hydrogens (tertiary/aromatic N) is 3. The number of rotatable bonds is 8. The number of likely N-dealkylation sites (tertiary alicyclic amines) is 2. The summed E-state index contributed by atoms with van der Waals surface area (Å²) >= 11 is 0. The molecule has 0 aliphatic carbocycles. The number of likely N-dealkylation sites (N-methyl/N-ethyl adjacent to an activating group) is 1. The topological polar surface area (TPSA) is 73.3 Å². The molecule has 0 saturated carbocycles. The van der Waals surface area contributed by atoms with E-state index in [1.807, 2.05) is 78.5 Å². The predicted octanol–water partition coefficient (Wildman–Crippen LogP) is 3.84. The van der Waals surface area contributed by atoms with Crippen LogP contribution in [0.5, 0.6) is 5.75 Å². The van der Waals surface area contributed by atoms with Gasteiger partial charge >= 0.3 is 0 Å². The Labute approximate surface area is 221 Å². The Hall–Kier alpha value is -2.90. The van der Waals surface area contributed by atoms with Gasteiger partial charge in [-0.05, 0) is 69.1 Å². The van der Waals surface area contributed by atoms with Crippen molar-refractivity contribution >= 4 is 11.8 Å². The van der Waals surface area contributed by atoms with Crippen LogP contribution in [-0.2, 0) is 4.79 Å². The highest BCUT2D eigenvalue weighted by Gasteiger charge is 2.52. The zero-order chi connectivity index (χ0) is 26.6. The molecule has 37 heavy (non-hydrogen) atoms. The molecule has 7 nitrogen and oxygen atoms in total. The number of hydrogen-bond acceptors (Lipinski definition) is 5. The summed E-state index contributed by atoms with van der Waals surface area (Å²) in [6.45, 7) is 7.22. The Kier molecular flexibility index (Phi) is 8.55. The van der Waals surface area contributed by atoms with Crippen molar-refractivity contribution in [2.24, 2.45) is 11.3 Å². The van der Waals surface area contributed by atoms with Crippen molar-refractivity contribution in [3.8, 4) is 5.75 Å². The van der Waals surface area contributed by atoms with Gasteiger partial charge in [0.15, 0.2) is 0 Å². The maximum absolute atomic E-state index is 14.0. The third-order valence-corrected chi connectivity index (χ3v) is 7.63. The van der Waals surface area contributed by atoms with E-state index in [-0.39, 0.29) is 23.8 Å². The largest absolute Gasteiger partial charge is 0.492 e. The number of amides is 2. The molecule has 2 fully saturated rings. The minimum Gasteiger partial charge on any atom is -0.492 e. The van der Waals surface area contributed by atoms with Gasteiger partial charge in [-0.3, -0.25) is 9.59 Å². The summed E-state index contributed by atoms with van der Waals surface area (Å²) in [5, 5.41) is 11.3. The van der Waals surface area contributed by atoms with Crippen LogP contribution in [0.25, 0.3) is 0 Å². The van der Waals surface area contributed by atoms with Gasteiger partial charge in [0, 0.05) is 31.7 Å². The van der Waals surface area contributed by atoms with E-state index in [4.69, 9.17) is 4.74 Å². The minimum atomic E-state index is -0.638. The minimum absolute atomic E-state index is 0.0281. The summed E-state index contributed by atoms with van der Waals surface area (Å²) < 4.78 is 5.74. The van der Waals surface area contributed by atoms with Crippen LogP contribution in [0.3, 0.4) is 0 Å². The zero-order valence-corrected chi connectivity index (χ0v) is 22.6. The van der Waals surface area contributed by atoms with Crippen molar-refractivity contribution in [2.75, 3.05) is 46.9 Å². The molecule has 2 atom stereocenters. The number of carbonyl (C=O) groups excluding carboxylic acids is 2. The second-order valence-corrected chi connectivity index (χ2v) is 11.2. The molecule has 1 spiro atoms. The number of hydrogen-bond donors (Lipinski definition) is 1. The Morgan fingerprint density at radius 1 is 1.08 bits per heavy atom. The standard InChI is InChI=1S/C30H41N3O4/c1-22(2)21-33-27(23-8-6-5-7-9-23)26(34)20-30(29(33)36)14-16-32(17-15-30)28(35)24-10-12-25(13-11-24)37-19-18-31(3)4/h5-13,22,26-27,34H,14-21H2,1-4H3/t26-,27+/m1/s1. The van der Waals surface area contributed by atoms with Crippen LogP contribution in [0.15, 0.2) is 54.6 Å². The summed E-state index contributed by atoms with van der Waals surface area (Å²) in [6.07, 6.45) is 0.926. The Morgan fingerprint density at radius 3 is 2.32 bits per heavy atom. The first-order valence-corrected chi connectivity index (χ1v) is 13.4. The molecule has 0 radical (unpaired) electrons. The molecule has 1 N–H and O–H groups in total. The molecule has 0 bridgehead atoms. The fourth-order valence-electron chi connectivity index (χ4n) is 5.66. The molecule has 0 unspecified atom stereocenters. The average molecular weight is 508 g/mol. The zero-order valence-electron chi connectivity index (χ0n) is 22.6. The number of carbonyl (C=O) groups is 2. The molecule has 2 aliphatic heterocycles. The summed E-state index contributed by atoms with van der Waals surface area (Å²) in [7, 11) is 4.00. The van der Waals surface area contributed by atoms with Crippen LogP contribution in [-0.4, -0.2) is 84.6 Å². The Morgan fingerprint density at radius 2 is 1.73 bits per heavy atom. The summed E-state index contributed by atoms with van der Waals surface area (Å²) in [5.41, 5.74) is 0.970. The molecule has 2 saturated heterocycles. The lowest BCUT2D eigenvalue weighted by molar-refractivity contribution is -0.164. The number of aliphatic hydroxyl groups is 1. The molecule has 4 rings (SSSR count). The Balaban J connectivity index is 1.43. The average Bonchev–Trinajstić information content (AvgIpc) is 2.88. The van der Waals surface area contributed by atoms with Crippen LogP contribution in [0.4, 0.5) is 0 Å². The van der Waals surface area contributed by atoms with Gasteiger partial charge < -0.3 is 24.5 Å². The first-order valence-electron chi connectivity index (χ1n) is 13.4. The number of ether oxygens (including phenoxy) is 1. The van der Waals surface area contributed by atoms with Crippen molar-refractivity contribution in [3.63, 3.8) is 0 Å². The second kappa shape index (κ2) is 11.7. The molecule has 7 heteroatoms. The lowest BCUT2D eigenvalue weighted by Gasteiger charge is -2.51.